The molecule has 0 saturated carbocycles. The highest BCUT2D eigenvalue weighted by Crippen LogP contribution is 2.22. The maximum absolute atomic E-state index is 11.9. The number of ether oxygens (including phenoxy) is 1. The van der Waals surface area contributed by atoms with Gasteiger partial charge in [0.25, 0.3) is 5.91 Å². The second-order valence-electron chi connectivity index (χ2n) is 5.41. The van der Waals surface area contributed by atoms with E-state index in [1.807, 2.05) is 24.3 Å². The molecule has 5 nitrogen and oxygen atoms in total. The quantitative estimate of drug-likeness (QED) is 0.679. The Bertz CT molecular complexity index is 931. The number of rotatable bonds is 5. The zero-order chi connectivity index (χ0) is 18.4. The Labute approximate surface area is 159 Å². The third-order valence-corrected chi connectivity index (χ3v) is 4.04. The van der Waals surface area contributed by atoms with Crippen LogP contribution in [0.15, 0.2) is 71.3 Å². The summed E-state index contributed by atoms with van der Waals surface area (Å²) >= 11 is 3.29. The molecule has 1 heterocycles. The number of nitrogens with one attached hydrogen (secondary N) is 1. The van der Waals surface area contributed by atoms with Gasteiger partial charge < -0.3 is 10.1 Å². The minimum absolute atomic E-state index is 0.103. The standard InChI is InChI=1S/C20H14BrN3O2/c21-17-7-10-19(23-12-17)24-20(25)13-26-18-8-5-16(6-9-18)15-3-1-14(11-22)2-4-15/h1-10,12H,13H2,(H,23,24,25). The highest BCUT2D eigenvalue weighted by atomic mass is 79.9. The molecule has 1 amide bonds. The van der Waals surface area contributed by atoms with Crippen molar-refractivity contribution in [2.45, 2.75) is 0 Å². The van der Waals surface area contributed by atoms with Crippen molar-refractivity contribution >= 4 is 27.7 Å². The van der Waals surface area contributed by atoms with E-state index in [-0.39, 0.29) is 12.5 Å². The van der Waals surface area contributed by atoms with Crippen molar-refractivity contribution in [1.29, 1.82) is 5.26 Å². The van der Waals surface area contributed by atoms with Gasteiger partial charge in [-0.3, -0.25) is 4.79 Å². The molecule has 0 aliphatic carbocycles. The molecular weight excluding hydrogens is 394 g/mol. The summed E-state index contributed by atoms with van der Waals surface area (Å²) in [5, 5.41) is 11.5. The van der Waals surface area contributed by atoms with Crippen molar-refractivity contribution in [1.82, 2.24) is 4.98 Å². The molecule has 1 N–H and O–H groups in total. The Morgan fingerprint density at radius 2 is 1.69 bits per heavy atom. The van der Waals surface area contributed by atoms with Crippen LogP contribution in [0.4, 0.5) is 5.82 Å². The van der Waals surface area contributed by atoms with Gasteiger partial charge in [-0.25, -0.2) is 4.98 Å². The molecule has 0 aliphatic rings. The van der Waals surface area contributed by atoms with Gasteiger partial charge in [-0.15, -0.1) is 0 Å². The number of anilines is 1. The Morgan fingerprint density at radius 3 is 2.27 bits per heavy atom. The number of halogens is 1. The number of hydrogen-bond donors (Lipinski definition) is 1. The lowest BCUT2D eigenvalue weighted by molar-refractivity contribution is -0.118. The maximum Gasteiger partial charge on any atom is 0.263 e. The molecule has 128 valence electrons. The highest BCUT2D eigenvalue weighted by Gasteiger charge is 2.05. The summed E-state index contributed by atoms with van der Waals surface area (Å²) in [6.45, 7) is -0.103. The van der Waals surface area contributed by atoms with Crippen molar-refractivity contribution in [3.63, 3.8) is 0 Å². The van der Waals surface area contributed by atoms with Crippen molar-refractivity contribution in [2.24, 2.45) is 0 Å². The highest BCUT2D eigenvalue weighted by molar-refractivity contribution is 9.10. The van der Waals surface area contributed by atoms with Crippen molar-refractivity contribution in [3.05, 3.63) is 76.9 Å². The number of pyridine rings is 1. The number of carbonyl (C=O) groups excluding carboxylic acids is 1. The lowest BCUT2D eigenvalue weighted by Gasteiger charge is -2.08. The predicted molar refractivity (Wildman–Crippen MR) is 103 cm³/mol. The first-order valence-electron chi connectivity index (χ1n) is 7.79. The number of nitrogens with zero attached hydrogens (tertiary/aromatic N) is 2. The van der Waals surface area contributed by atoms with Crippen LogP contribution in [0.2, 0.25) is 0 Å². The molecule has 0 saturated heterocycles. The number of amides is 1. The van der Waals surface area contributed by atoms with E-state index >= 15 is 0 Å². The van der Waals surface area contributed by atoms with Gasteiger partial charge >= 0.3 is 0 Å². The number of aromatic nitrogens is 1. The molecule has 2 aromatic carbocycles. The predicted octanol–water partition coefficient (Wildman–Crippen LogP) is 4.40. The van der Waals surface area contributed by atoms with Gasteiger partial charge in [0.15, 0.2) is 6.61 Å². The van der Waals surface area contributed by atoms with Crippen LogP contribution in [-0.2, 0) is 4.79 Å². The number of nitriles is 1. The average Bonchev–Trinajstić information content (AvgIpc) is 2.69. The summed E-state index contributed by atoms with van der Waals surface area (Å²) < 4.78 is 6.34. The van der Waals surface area contributed by atoms with E-state index in [4.69, 9.17) is 10.00 Å². The van der Waals surface area contributed by atoms with E-state index in [0.29, 0.717) is 17.1 Å². The summed E-state index contributed by atoms with van der Waals surface area (Å²) in [5.74, 6) is 0.787. The number of hydrogen-bond acceptors (Lipinski definition) is 4. The monoisotopic (exact) mass is 407 g/mol. The van der Waals surface area contributed by atoms with Gasteiger partial charge in [0.2, 0.25) is 0 Å². The van der Waals surface area contributed by atoms with Crippen LogP contribution in [0.3, 0.4) is 0 Å². The van der Waals surface area contributed by atoms with Crippen molar-refractivity contribution < 1.29 is 9.53 Å². The summed E-state index contributed by atoms with van der Waals surface area (Å²) in [7, 11) is 0. The molecule has 0 fully saturated rings. The molecule has 0 radical (unpaired) electrons. The normalized spacial score (nSPS) is 10.0. The van der Waals surface area contributed by atoms with E-state index < -0.39 is 0 Å². The third kappa shape index (κ3) is 4.68. The van der Waals surface area contributed by atoms with E-state index in [0.717, 1.165) is 15.6 Å². The van der Waals surface area contributed by atoms with Crippen LogP contribution in [0.1, 0.15) is 5.56 Å². The SMILES string of the molecule is N#Cc1ccc(-c2ccc(OCC(=O)Nc3ccc(Br)cn3)cc2)cc1. The molecule has 3 rings (SSSR count). The maximum atomic E-state index is 11.9. The molecule has 0 spiro atoms. The molecule has 26 heavy (non-hydrogen) atoms. The van der Waals surface area contributed by atoms with Crippen molar-refractivity contribution in [2.75, 3.05) is 11.9 Å². The molecular formula is C20H14BrN3O2. The molecule has 0 aliphatic heterocycles. The van der Waals surface area contributed by atoms with E-state index in [2.05, 4.69) is 32.3 Å². The van der Waals surface area contributed by atoms with E-state index in [1.165, 1.54) is 0 Å². The fourth-order valence-corrected chi connectivity index (χ4v) is 2.49. The zero-order valence-corrected chi connectivity index (χ0v) is 15.2. The summed E-state index contributed by atoms with van der Waals surface area (Å²) in [6, 6.07) is 20.4. The molecule has 3 aromatic rings. The van der Waals surface area contributed by atoms with E-state index in [1.54, 1.807) is 42.6 Å². The van der Waals surface area contributed by atoms with Gasteiger partial charge in [0, 0.05) is 10.7 Å². The summed E-state index contributed by atoms with van der Waals surface area (Å²) in [6.07, 6.45) is 1.61. The van der Waals surface area contributed by atoms with Crippen LogP contribution < -0.4 is 10.1 Å². The molecule has 0 atom stereocenters. The van der Waals surface area contributed by atoms with Gasteiger partial charge in [0.05, 0.1) is 11.6 Å². The van der Waals surface area contributed by atoms with Crippen LogP contribution in [0, 0.1) is 11.3 Å². The lowest BCUT2D eigenvalue weighted by atomic mass is 10.0. The molecule has 0 unspecified atom stereocenters. The Balaban J connectivity index is 1.56. The smallest absolute Gasteiger partial charge is 0.263 e. The van der Waals surface area contributed by atoms with Gasteiger partial charge in [-0.05, 0) is 63.5 Å². The summed E-state index contributed by atoms with van der Waals surface area (Å²) in [4.78, 5) is 16.0. The zero-order valence-electron chi connectivity index (χ0n) is 13.6. The minimum Gasteiger partial charge on any atom is -0.484 e. The molecule has 6 heteroatoms. The van der Waals surface area contributed by atoms with Crippen molar-refractivity contribution in [3.8, 4) is 22.9 Å². The largest absolute Gasteiger partial charge is 0.484 e. The van der Waals surface area contributed by atoms with Gasteiger partial charge in [-0.1, -0.05) is 24.3 Å². The van der Waals surface area contributed by atoms with Crippen LogP contribution in [0.5, 0.6) is 5.75 Å². The molecule has 0 bridgehead atoms. The average molecular weight is 408 g/mol. The number of benzene rings is 2. The fourth-order valence-electron chi connectivity index (χ4n) is 2.26. The first-order chi connectivity index (χ1) is 12.6. The Kier molecular flexibility index (Phi) is 5.62. The second-order valence-corrected chi connectivity index (χ2v) is 6.33. The number of carbonyl (C=O) groups is 1. The lowest BCUT2D eigenvalue weighted by Crippen LogP contribution is -2.20. The van der Waals surface area contributed by atoms with Gasteiger partial charge in [0.1, 0.15) is 11.6 Å². The fraction of sp³-hybridized carbons (Fsp3) is 0.0500. The van der Waals surface area contributed by atoms with Crippen LogP contribution >= 0.6 is 15.9 Å². The molecule has 1 aromatic heterocycles. The minimum atomic E-state index is -0.281. The Hall–Kier alpha value is -3.17. The van der Waals surface area contributed by atoms with E-state index in [9.17, 15) is 4.79 Å². The Morgan fingerprint density at radius 1 is 1.04 bits per heavy atom. The van der Waals surface area contributed by atoms with Crippen LogP contribution in [-0.4, -0.2) is 17.5 Å². The van der Waals surface area contributed by atoms with Gasteiger partial charge in [-0.2, -0.15) is 5.26 Å². The topological polar surface area (TPSA) is 75.0 Å². The second kappa shape index (κ2) is 8.28. The first-order valence-corrected chi connectivity index (χ1v) is 8.58. The van der Waals surface area contributed by atoms with Crippen LogP contribution in [0.25, 0.3) is 11.1 Å². The summed E-state index contributed by atoms with van der Waals surface area (Å²) in [5.41, 5.74) is 2.64. The third-order valence-electron chi connectivity index (χ3n) is 3.57. The first kappa shape index (κ1) is 17.6.